The number of thioether (sulfide) groups is 1. The predicted molar refractivity (Wildman–Crippen MR) is 109 cm³/mol. The predicted octanol–water partition coefficient (Wildman–Crippen LogP) is 3.45. The molecule has 2 aromatic carbocycles. The third-order valence-corrected chi connectivity index (χ3v) is 6.20. The largest absolute Gasteiger partial charge is 0.491 e. The first-order valence-corrected chi connectivity index (χ1v) is 11.1. The number of hydrogen-bond acceptors (Lipinski definition) is 5. The summed E-state index contributed by atoms with van der Waals surface area (Å²) in [6.07, 6.45) is 1.98. The van der Waals surface area contributed by atoms with Crippen LogP contribution in [0.5, 0.6) is 5.75 Å². The fraction of sp³-hybridized carbons (Fsp3) is 0.316. The summed E-state index contributed by atoms with van der Waals surface area (Å²) >= 11 is 1.53. The standard InChI is InChI=1S/C19H24N2O4S2/c1-14(2)25-16-7-5-15(6-8-16)20-19(22)13-21(3)27(23,24)18-11-9-17(26-4)10-12-18/h5-12,14H,13H2,1-4H3,(H,20,22). The Balaban J connectivity index is 1.99. The molecule has 0 radical (unpaired) electrons. The monoisotopic (exact) mass is 408 g/mol. The van der Waals surface area contributed by atoms with Crippen molar-refractivity contribution in [3.63, 3.8) is 0 Å². The lowest BCUT2D eigenvalue weighted by molar-refractivity contribution is -0.116. The lowest BCUT2D eigenvalue weighted by atomic mass is 10.3. The third-order valence-electron chi connectivity index (χ3n) is 3.64. The first kappa shape index (κ1) is 21.3. The SMILES string of the molecule is CSc1ccc(S(=O)(=O)N(C)CC(=O)Nc2ccc(OC(C)C)cc2)cc1. The maximum absolute atomic E-state index is 12.6. The number of sulfonamides is 1. The number of rotatable bonds is 8. The number of nitrogens with zero attached hydrogens (tertiary/aromatic N) is 1. The zero-order valence-electron chi connectivity index (χ0n) is 15.8. The van der Waals surface area contributed by atoms with E-state index in [0.29, 0.717) is 11.4 Å². The van der Waals surface area contributed by atoms with Crippen molar-refractivity contribution in [2.24, 2.45) is 0 Å². The van der Waals surface area contributed by atoms with E-state index in [1.165, 1.54) is 18.8 Å². The van der Waals surface area contributed by atoms with Gasteiger partial charge >= 0.3 is 0 Å². The highest BCUT2D eigenvalue weighted by Crippen LogP contribution is 2.20. The van der Waals surface area contributed by atoms with E-state index in [1.807, 2.05) is 20.1 Å². The molecule has 8 heteroatoms. The summed E-state index contributed by atoms with van der Waals surface area (Å²) in [6.45, 7) is 3.58. The van der Waals surface area contributed by atoms with Gasteiger partial charge in [0.25, 0.3) is 0 Å². The Hall–Kier alpha value is -2.03. The van der Waals surface area contributed by atoms with Gasteiger partial charge in [-0.25, -0.2) is 8.42 Å². The Bertz CT molecular complexity index is 864. The maximum atomic E-state index is 12.6. The molecule has 0 aromatic heterocycles. The van der Waals surface area contributed by atoms with Crippen molar-refractivity contribution < 1.29 is 17.9 Å². The van der Waals surface area contributed by atoms with E-state index in [0.717, 1.165) is 9.20 Å². The van der Waals surface area contributed by atoms with E-state index < -0.39 is 15.9 Å². The number of benzene rings is 2. The maximum Gasteiger partial charge on any atom is 0.243 e. The molecule has 2 rings (SSSR count). The smallest absolute Gasteiger partial charge is 0.243 e. The fourth-order valence-corrected chi connectivity index (χ4v) is 3.84. The highest BCUT2D eigenvalue weighted by atomic mass is 32.2. The van der Waals surface area contributed by atoms with Crippen LogP contribution in [0.4, 0.5) is 5.69 Å². The minimum atomic E-state index is -3.73. The van der Waals surface area contributed by atoms with Crippen LogP contribution in [0.15, 0.2) is 58.3 Å². The summed E-state index contributed by atoms with van der Waals surface area (Å²) in [6, 6.07) is 13.5. The van der Waals surface area contributed by atoms with E-state index in [-0.39, 0.29) is 17.5 Å². The topological polar surface area (TPSA) is 75.7 Å². The molecular weight excluding hydrogens is 384 g/mol. The van der Waals surface area contributed by atoms with Gasteiger partial charge < -0.3 is 10.1 Å². The van der Waals surface area contributed by atoms with Crippen molar-refractivity contribution in [2.75, 3.05) is 25.2 Å². The molecule has 2 aromatic rings. The summed E-state index contributed by atoms with van der Waals surface area (Å²) in [7, 11) is -2.34. The first-order chi connectivity index (χ1) is 12.7. The molecule has 0 atom stereocenters. The number of hydrogen-bond donors (Lipinski definition) is 1. The zero-order chi connectivity index (χ0) is 20.0. The fourth-order valence-electron chi connectivity index (χ4n) is 2.30. The van der Waals surface area contributed by atoms with Gasteiger partial charge in [0.05, 0.1) is 17.5 Å². The van der Waals surface area contributed by atoms with E-state index in [1.54, 1.807) is 48.5 Å². The molecule has 0 saturated carbocycles. The lowest BCUT2D eigenvalue weighted by Gasteiger charge is -2.17. The molecule has 1 N–H and O–H groups in total. The molecule has 0 saturated heterocycles. The van der Waals surface area contributed by atoms with Crippen LogP contribution in [0, 0.1) is 0 Å². The number of anilines is 1. The number of likely N-dealkylation sites (N-methyl/N-ethyl adjacent to an activating group) is 1. The minimum Gasteiger partial charge on any atom is -0.491 e. The molecular formula is C19H24N2O4S2. The summed E-state index contributed by atoms with van der Waals surface area (Å²) in [5.41, 5.74) is 0.575. The second-order valence-corrected chi connectivity index (χ2v) is 9.10. The van der Waals surface area contributed by atoms with Gasteiger partial charge in [0.1, 0.15) is 5.75 Å². The first-order valence-electron chi connectivity index (χ1n) is 8.39. The van der Waals surface area contributed by atoms with E-state index >= 15 is 0 Å². The van der Waals surface area contributed by atoms with E-state index in [4.69, 9.17) is 4.74 Å². The Morgan fingerprint density at radius 1 is 1.11 bits per heavy atom. The van der Waals surface area contributed by atoms with E-state index in [2.05, 4.69) is 5.32 Å². The average Bonchev–Trinajstić information content (AvgIpc) is 2.62. The van der Waals surface area contributed by atoms with E-state index in [9.17, 15) is 13.2 Å². The number of amides is 1. The lowest BCUT2D eigenvalue weighted by Crippen LogP contribution is -2.34. The van der Waals surface area contributed by atoms with Crippen molar-refractivity contribution in [2.45, 2.75) is 29.7 Å². The molecule has 6 nitrogen and oxygen atoms in total. The molecule has 0 aliphatic rings. The van der Waals surface area contributed by atoms with Crippen molar-refractivity contribution in [1.29, 1.82) is 0 Å². The number of ether oxygens (including phenoxy) is 1. The van der Waals surface area contributed by atoms with Crippen molar-refractivity contribution in [1.82, 2.24) is 4.31 Å². The Kier molecular flexibility index (Phi) is 7.29. The summed E-state index contributed by atoms with van der Waals surface area (Å²) in [5.74, 6) is 0.288. The Morgan fingerprint density at radius 2 is 1.70 bits per heavy atom. The second kappa shape index (κ2) is 9.25. The van der Waals surface area contributed by atoms with Crippen LogP contribution in [0.3, 0.4) is 0 Å². The van der Waals surface area contributed by atoms with Crippen molar-refractivity contribution >= 4 is 33.4 Å². The molecule has 0 aliphatic heterocycles. The van der Waals surface area contributed by atoms with Gasteiger partial charge in [0.2, 0.25) is 15.9 Å². The Labute approximate surface area is 165 Å². The van der Waals surface area contributed by atoms with Gasteiger partial charge in [-0.2, -0.15) is 4.31 Å². The molecule has 0 unspecified atom stereocenters. The normalized spacial score (nSPS) is 11.6. The number of carbonyl (C=O) groups is 1. The summed E-state index contributed by atoms with van der Waals surface area (Å²) in [5, 5.41) is 2.69. The zero-order valence-corrected chi connectivity index (χ0v) is 17.4. The third kappa shape index (κ3) is 5.98. The van der Waals surface area contributed by atoms with Crippen LogP contribution in [-0.2, 0) is 14.8 Å². The highest BCUT2D eigenvalue weighted by Gasteiger charge is 2.23. The molecule has 146 valence electrons. The molecule has 0 aliphatic carbocycles. The summed E-state index contributed by atoms with van der Waals surface area (Å²) < 4.78 is 31.8. The highest BCUT2D eigenvalue weighted by molar-refractivity contribution is 7.98. The van der Waals surface area contributed by atoms with Crippen LogP contribution < -0.4 is 10.1 Å². The van der Waals surface area contributed by atoms with Crippen molar-refractivity contribution in [3.8, 4) is 5.75 Å². The van der Waals surface area contributed by atoms with Gasteiger partial charge in [0.15, 0.2) is 0 Å². The number of carbonyl (C=O) groups excluding carboxylic acids is 1. The van der Waals surface area contributed by atoms with Crippen LogP contribution in [-0.4, -0.2) is 44.6 Å². The average molecular weight is 409 g/mol. The quantitative estimate of drug-likeness (QED) is 0.677. The molecule has 0 bridgehead atoms. The minimum absolute atomic E-state index is 0.0642. The molecule has 0 heterocycles. The van der Waals surface area contributed by atoms with Gasteiger partial charge in [-0.15, -0.1) is 11.8 Å². The second-order valence-electron chi connectivity index (χ2n) is 6.18. The number of nitrogens with one attached hydrogen (secondary N) is 1. The summed E-state index contributed by atoms with van der Waals surface area (Å²) in [4.78, 5) is 13.3. The molecule has 1 amide bonds. The molecule has 0 spiro atoms. The molecule has 27 heavy (non-hydrogen) atoms. The van der Waals surface area contributed by atoms with Gasteiger partial charge in [-0.05, 0) is 68.6 Å². The van der Waals surface area contributed by atoms with Gasteiger partial charge in [0, 0.05) is 17.6 Å². The Morgan fingerprint density at radius 3 is 2.22 bits per heavy atom. The molecule has 0 fully saturated rings. The van der Waals surface area contributed by atoms with Crippen LogP contribution in [0.2, 0.25) is 0 Å². The van der Waals surface area contributed by atoms with Gasteiger partial charge in [-0.3, -0.25) is 4.79 Å². The van der Waals surface area contributed by atoms with Crippen LogP contribution in [0.1, 0.15) is 13.8 Å². The van der Waals surface area contributed by atoms with Crippen LogP contribution >= 0.6 is 11.8 Å². The van der Waals surface area contributed by atoms with Gasteiger partial charge in [-0.1, -0.05) is 0 Å². The van der Waals surface area contributed by atoms with Crippen LogP contribution in [0.25, 0.3) is 0 Å². The van der Waals surface area contributed by atoms with Crippen molar-refractivity contribution in [3.05, 3.63) is 48.5 Å².